The van der Waals surface area contributed by atoms with Gasteiger partial charge >= 0.3 is 164 Å². The van der Waals surface area contributed by atoms with E-state index in [0.29, 0.717) is 15.0 Å². The van der Waals surface area contributed by atoms with E-state index in [1.807, 2.05) is 24.5 Å². The third-order valence-corrected chi connectivity index (χ3v) is 7.58. The van der Waals surface area contributed by atoms with Crippen LogP contribution in [0.25, 0.3) is 22.3 Å². The number of aromatic nitrogens is 2. The summed E-state index contributed by atoms with van der Waals surface area (Å²) in [5.41, 5.74) is 9.51. The fourth-order valence-corrected chi connectivity index (χ4v) is 6.34. The third-order valence-electron chi connectivity index (χ3n) is 5.16. The Morgan fingerprint density at radius 3 is 1.52 bits per heavy atom. The van der Waals surface area contributed by atoms with Crippen LogP contribution < -0.4 is 8.92 Å². The van der Waals surface area contributed by atoms with Crippen molar-refractivity contribution in [2.75, 3.05) is 0 Å². The fraction of sp³-hybridized carbons (Fsp3) is 0. The van der Waals surface area contributed by atoms with Crippen LogP contribution in [0.3, 0.4) is 0 Å². The summed E-state index contributed by atoms with van der Waals surface area (Å²) in [6.45, 7) is 0. The molecule has 0 saturated carbocycles. The molecule has 0 atom stereocenters. The van der Waals surface area contributed by atoms with Crippen LogP contribution in [0.1, 0.15) is 22.5 Å². The van der Waals surface area contributed by atoms with Crippen LogP contribution in [-0.2, 0) is 0 Å². The van der Waals surface area contributed by atoms with Gasteiger partial charge in [0.25, 0.3) is 0 Å². The number of benzene rings is 2. The Balaban J connectivity index is 1.81. The van der Waals surface area contributed by atoms with Crippen molar-refractivity contribution in [3.63, 3.8) is 0 Å². The molecule has 2 aromatic heterocycles. The molecule has 1 aliphatic heterocycles. The summed E-state index contributed by atoms with van der Waals surface area (Å²) in [5.74, 6) is 0. The number of hydrogen-bond acceptors (Lipinski definition) is 2. The third kappa shape index (κ3) is 2.13. The van der Waals surface area contributed by atoms with Crippen molar-refractivity contribution >= 4 is 35.0 Å². The van der Waals surface area contributed by atoms with Gasteiger partial charge in [0.15, 0.2) is 0 Å². The first kappa shape index (κ1) is 15.1. The van der Waals surface area contributed by atoms with Crippen molar-refractivity contribution in [2.24, 2.45) is 0 Å². The molecule has 27 heavy (non-hydrogen) atoms. The molecular weight excluding hydrogens is 395 g/mol. The van der Waals surface area contributed by atoms with Crippen molar-refractivity contribution in [2.45, 2.75) is 0 Å². The average molecular weight is 409 g/mol. The van der Waals surface area contributed by atoms with E-state index in [1.54, 1.807) is 0 Å². The summed E-state index contributed by atoms with van der Waals surface area (Å²) >= 11 is 0.315. The first-order chi connectivity index (χ1) is 13.4. The van der Waals surface area contributed by atoms with Gasteiger partial charge in [0.1, 0.15) is 0 Å². The van der Waals surface area contributed by atoms with Crippen LogP contribution in [0, 0.1) is 0 Å². The Bertz CT molecular complexity index is 1160. The van der Waals surface area contributed by atoms with E-state index >= 15 is 0 Å². The second-order valence-corrected chi connectivity index (χ2v) is 8.92. The van der Waals surface area contributed by atoms with E-state index in [-0.39, 0.29) is 0 Å². The van der Waals surface area contributed by atoms with E-state index in [2.05, 4.69) is 60.7 Å². The van der Waals surface area contributed by atoms with Crippen LogP contribution in [0.15, 0.2) is 85.2 Å². The number of hydrogen-bond donors (Lipinski definition) is 0. The molecule has 2 aromatic carbocycles. The summed E-state index contributed by atoms with van der Waals surface area (Å²) in [4.78, 5) is 9.57. The molecule has 0 spiro atoms. The van der Waals surface area contributed by atoms with Gasteiger partial charge in [-0.05, 0) is 0 Å². The molecule has 2 aliphatic rings. The van der Waals surface area contributed by atoms with Gasteiger partial charge in [-0.1, -0.05) is 0 Å². The van der Waals surface area contributed by atoms with Crippen LogP contribution in [-0.4, -0.2) is 24.9 Å². The second kappa shape index (κ2) is 5.75. The van der Waals surface area contributed by atoms with Gasteiger partial charge in [-0.25, -0.2) is 0 Å². The maximum atomic E-state index is 4.78. The number of nitrogens with zero attached hydrogens (tertiary/aromatic N) is 2. The first-order valence-electron chi connectivity index (χ1n) is 8.94. The van der Waals surface area contributed by atoms with Gasteiger partial charge in [-0.15, -0.1) is 0 Å². The van der Waals surface area contributed by atoms with E-state index in [9.17, 15) is 0 Å². The predicted molar refractivity (Wildman–Crippen MR) is 110 cm³/mol. The van der Waals surface area contributed by atoms with Crippen molar-refractivity contribution < 1.29 is 0 Å². The Hall–Kier alpha value is -3.00. The zero-order chi connectivity index (χ0) is 17.8. The molecule has 2 nitrogen and oxygen atoms in total. The van der Waals surface area contributed by atoms with Crippen molar-refractivity contribution in [3.05, 3.63) is 108 Å². The van der Waals surface area contributed by atoms with Gasteiger partial charge in [0.05, 0.1) is 0 Å². The molecule has 3 heteroatoms. The van der Waals surface area contributed by atoms with Gasteiger partial charge in [-0.3, -0.25) is 0 Å². The second-order valence-electron chi connectivity index (χ2n) is 6.64. The van der Waals surface area contributed by atoms with Crippen LogP contribution >= 0.6 is 0 Å². The summed E-state index contributed by atoms with van der Waals surface area (Å²) < 4.78 is 2.85. The Morgan fingerprint density at radius 2 is 0.963 bits per heavy atom. The summed E-state index contributed by atoms with van der Waals surface area (Å²) in [5, 5.41) is 0. The number of rotatable bonds is 0. The van der Waals surface area contributed by atoms with E-state index in [0.717, 1.165) is 17.0 Å². The first-order valence-corrected chi connectivity index (χ1v) is 10.7. The monoisotopic (exact) mass is 410 g/mol. The number of fused-ring (bicyclic) bond motifs is 5. The predicted octanol–water partition coefficient (Wildman–Crippen LogP) is 3.43. The zero-order valence-corrected chi connectivity index (χ0v) is 16.1. The molecule has 0 radical (unpaired) electrons. The minimum atomic E-state index is 0.315. The minimum absolute atomic E-state index is 0.315. The van der Waals surface area contributed by atoms with E-state index in [1.165, 1.54) is 36.8 Å². The maximum absolute atomic E-state index is 4.78. The van der Waals surface area contributed by atoms with Crippen molar-refractivity contribution in [1.82, 2.24) is 9.97 Å². The average Bonchev–Trinajstić information content (AvgIpc) is 3.06. The quantitative estimate of drug-likeness (QED) is 0.359. The number of pyridine rings is 2. The molecule has 1 aliphatic carbocycles. The van der Waals surface area contributed by atoms with Crippen LogP contribution in [0.2, 0.25) is 0 Å². The summed E-state index contributed by atoms with van der Waals surface area (Å²) in [6.07, 6.45) is 3.77. The Labute approximate surface area is 163 Å². The van der Waals surface area contributed by atoms with Gasteiger partial charge < -0.3 is 0 Å². The molecule has 0 N–H and O–H groups in total. The van der Waals surface area contributed by atoms with Gasteiger partial charge in [0, 0.05) is 0 Å². The Kier molecular flexibility index (Phi) is 3.21. The van der Waals surface area contributed by atoms with E-state index < -0.39 is 0 Å². The molecule has 0 saturated heterocycles. The zero-order valence-electron chi connectivity index (χ0n) is 14.4. The molecule has 0 amide bonds. The fourth-order valence-electron chi connectivity index (χ4n) is 4.05. The summed E-state index contributed by atoms with van der Waals surface area (Å²) in [7, 11) is 0. The standard InChI is InChI=1S/C24H14N2Se/c1-3-11-19-17(7-1)21(18-8-2-4-12-20(18)27-19)22-23-15(9-5-13-25-23)16-10-6-14-26-24(16)22/h1-14H. The molecule has 0 unspecified atom stereocenters. The molecule has 3 heterocycles. The molecule has 4 aromatic rings. The van der Waals surface area contributed by atoms with Gasteiger partial charge in [0.2, 0.25) is 0 Å². The van der Waals surface area contributed by atoms with E-state index in [4.69, 9.17) is 9.97 Å². The topological polar surface area (TPSA) is 25.8 Å². The van der Waals surface area contributed by atoms with Crippen molar-refractivity contribution in [1.29, 1.82) is 0 Å². The van der Waals surface area contributed by atoms with Crippen LogP contribution in [0.5, 0.6) is 0 Å². The van der Waals surface area contributed by atoms with Crippen molar-refractivity contribution in [3.8, 4) is 11.1 Å². The molecule has 0 bridgehead atoms. The Morgan fingerprint density at radius 1 is 0.481 bits per heavy atom. The van der Waals surface area contributed by atoms with Gasteiger partial charge in [-0.2, -0.15) is 0 Å². The SMILES string of the molecule is c1ccc2c(c1)[Se]c1ccccc1C2=C1c2ncccc2-c2cccnc21. The van der Waals surface area contributed by atoms with Crippen LogP contribution in [0.4, 0.5) is 0 Å². The molecule has 0 fully saturated rings. The normalized spacial score (nSPS) is 13.6. The molecular formula is C24H14N2Se. The molecule has 126 valence electrons. The molecule has 6 rings (SSSR count). The summed E-state index contributed by atoms with van der Waals surface area (Å²) in [6, 6.07) is 25.9.